The summed E-state index contributed by atoms with van der Waals surface area (Å²) in [7, 11) is 0. The summed E-state index contributed by atoms with van der Waals surface area (Å²) in [5, 5.41) is 0. The summed E-state index contributed by atoms with van der Waals surface area (Å²) in [6, 6.07) is 15.4. The molecule has 4 rings (SSSR count). The molecule has 0 spiro atoms. The van der Waals surface area contributed by atoms with Gasteiger partial charge in [-0.25, -0.2) is 0 Å². The maximum Gasteiger partial charge on any atom is 0.310 e. The van der Waals surface area contributed by atoms with Gasteiger partial charge in [-0.15, -0.1) is 0 Å². The molecule has 0 aliphatic carbocycles. The lowest BCUT2D eigenvalue weighted by atomic mass is 10.00. The van der Waals surface area contributed by atoms with Crippen molar-refractivity contribution in [2.24, 2.45) is 0 Å². The van der Waals surface area contributed by atoms with Crippen LogP contribution in [0.1, 0.15) is 29.5 Å². The van der Waals surface area contributed by atoms with Crippen LogP contribution < -0.4 is 4.90 Å². The second-order valence-corrected chi connectivity index (χ2v) is 7.49. The molecule has 0 atom stereocenters. The van der Waals surface area contributed by atoms with E-state index < -0.39 is 5.97 Å². The van der Waals surface area contributed by atoms with E-state index in [0.717, 1.165) is 36.2 Å². The summed E-state index contributed by atoms with van der Waals surface area (Å²) >= 11 is 0. The Morgan fingerprint density at radius 1 is 0.931 bits per heavy atom. The van der Waals surface area contributed by atoms with Gasteiger partial charge in [-0.1, -0.05) is 36.4 Å². The molecule has 2 aromatic rings. The van der Waals surface area contributed by atoms with E-state index in [2.05, 4.69) is 6.07 Å². The van der Waals surface area contributed by atoms with Gasteiger partial charge in [0, 0.05) is 31.7 Å². The number of ether oxygens (including phenoxy) is 1. The third-order valence-corrected chi connectivity index (χ3v) is 5.51. The summed E-state index contributed by atoms with van der Waals surface area (Å²) in [5.74, 6) is -0.465. The monoisotopic (exact) mass is 392 g/mol. The zero-order chi connectivity index (χ0) is 20.2. The van der Waals surface area contributed by atoms with Crippen LogP contribution in [-0.4, -0.2) is 42.4 Å². The second-order valence-electron chi connectivity index (χ2n) is 7.49. The van der Waals surface area contributed by atoms with Gasteiger partial charge in [0.1, 0.15) is 0 Å². The predicted octanol–water partition coefficient (Wildman–Crippen LogP) is 2.48. The van der Waals surface area contributed by atoms with Gasteiger partial charge in [-0.05, 0) is 41.7 Å². The molecule has 0 radical (unpaired) electrons. The van der Waals surface area contributed by atoms with Crippen molar-refractivity contribution in [2.75, 3.05) is 24.6 Å². The van der Waals surface area contributed by atoms with E-state index in [9.17, 15) is 14.4 Å². The summed E-state index contributed by atoms with van der Waals surface area (Å²) in [4.78, 5) is 39.8. The predicted molar refractivity (Wildman–Crippen MR) is 108 cm³/mol. The molecule has 2 amide bonds. The molecule has 2 aliphatic heterocycles. The zero-order valence-corrected chi connectivity index (χ0v) is 16.3. The van der Waals surface area contributed by atoms with Gasteiger partial charge >= 0.3 is 5.97 Å². The lowest BCUT2D eigenvalue weighted by molar-refractivity contribution is -0.151. The van der Waals surface area contributed by atoms with Crippen molar-refractivity contribution in [3.63, 3.8) is 0 Å². The highest BCUT2D eigenvalue weighted by Crippen LogP contribution is 2.22. The number of benzene rings is 2. The van der Waals surface area contributed by atoms with Crippen LogP contribution in [0.15, 0.2) is 48.5 Å². The number of carbonyl (C=O) groups is 3. The van der Waals surface area contributed by atoms with Crippen LogP contribution in [0.3, 0.4) is 0 Å². The van der Waals surface area contributed by atoms with Crippen LogP contribution in [0.4, 0.5) is 5.69 Å². The van der Waals surface area contributed by atoms with E-state index in [0.29, 0.717) is 19.5 Å². The van der Waals surface area contributed by atoms with Crippen LogP contribution in [0, 0.1) is 0 Å². The molecule has 29 heavy (non-hydrogen) atoms. The number of nitrogens with zero attached hydrogens (tertiary/aromatic N) is 2. The van der Waals surface area contributed by atoms with Crippen molar-refractivity contribution in [3.05, 3.63) is 65.2 Å². The van der Waals surface area contributed by atoms with Gasteiger partial charge < -0.3 is 14.5 Å². The average molecular weight is 392 g/mol. The molecule has 6 nitrogen and oxygen atoms in total. The van der Waals surface area contributed by atoms with Gasteiger partial charge in [-0.2, -0.15) is 0 Å². The van der Waals surface area contributed by atoms with E-state index >= 15 is 0 Å². The molecule has 0 bridgehead atoms. The number of anilines is 1. The molecule has 6 heteroatoms. The molecule has 2 aromatic carbocycles. The van der Waals surface area contributed by atoms with Gasteiger partial charge in [-0.3, -0.25) is 14.4 Å². The van der Waals surface area contributed by atoms with Crippen molar-refractivity contribution < 1.29 is 19.1 Å². The maximum atomic E-state index is 12.4. The Bertz CT molecular complexity index is 923. The van der Waals surface area contributed by atoms with Crippen LogP contribution in [0.2, 0.25) is 0 Å². The topological polar surface area (TPSA) is 66.9 Å². The first-order valence-electron chi connectivity index (χ1n) is 9.99. The van der Waals surface area contributed by atoms with Gasteiger partial charge in [0.25, 0.3) is 5.91 Å². The smallest absolute Gasteiger partial charge is 0.310 e. The van der Waals surface area contributed by atoms with Gasteiger partial charge in [0.2, 0.25) is 5.91 Å². The third-order valence-electron chi connectivity index (χ3n) is 5.51. The first-order valence-corrected chi connectivity index (χ1v) is 9.99. The minimum absolute atomic E-state index is 0.102. The van der Waals surface area contributed by atoms with E-state index in [-0.39, 0.29) is 24.8 Å². The van der Waals surface area contributed by atoms with Crippen LogP contribution in [0.25, 0.3) is 0 Å². The molecule has 0 aromatic heterocycles. The highest BCUT2D eigenvalue weighted by atomic mass is 16.5. The number of hydrogen-bond acceptors (Lipinski definition) is 4. The van der Waals surface area contributed by atoms with Crippen molar-refractivity contribution in [1.82, 2.24) is 4.90 Å². The maximum absolute atomic E-state index is 12.4. The fourth-order valence-electron chi connectivity index (χ4n) is 3.87. The SMILES string of the molecule is O=C(Cc1ccc(N2CCCC2=O)cc1)OCC(=O)N1CCc2ccccc2C1. The number of carbonyl (C=O) groups excluding carboxylic acids is 3. The fraction of sp³-hybridized carbons (Fsp3) is 0.348. The van der Waals surface area contributed by atoms with Gasteiger partial charge in [0.15, 0.2) is 6.61 Å². The van der Waals surface area contributed by atoms with Crippen LogP contribution >= 0.6 is 0 Å². The van der Waals surface area contributed by atoms with Gasteiger partial charge in [0.05, 0.1) is 6.42 Å². The van der Waals surface area contributed by atoms with E-state index in [1.165, 1.54) is 5.56 Å². The van der Waals surface area contributed by atoms with E-state index in [1.807, 2.05) is 42.5 Å². The highest BCUT2D eigenvalue weighted by Gasteiger charge is 2.22. The second kappa shape index (κ2) is 8.47. The summed E-state index contributed by atoms with van der Waals surface area (Å²) < 4.78 is 5.20. The Labute approximate surface area is 170 Å². The largest absolute Gasteiger partial charge is 0.455 e. The quantitative estimate of drug-likeness (QED) is 0.734. The molecule has 2 aliphatic rings. The Balaban J connectivity index is 1.26. The Kier molecular flexibility index (Phi) is 5.60. The molecule has 150 valence electrons. The van der Waals surface area contributed by atoms with E-state index in [4.69, 9.17) is 4.74 Å². The average Bonchev–Trinajstić information content (AvgIpc) is 3.18. The molecular formula is C23H24N2O4. The molecule has 0 saturated carbocycles. The number of rotatable bonds is 5. The lowest BCUT2D eigenvalue weighted by Gasteiger charge is -2.28. The lowest BCUT2D eigenvalue weighted by Crippen LogP contribution is -2.38. The normalized spacial score (nSPS) is 15.9. The molecule has 0 unspecified atom stereocenters. The Morgan fingerprint density at radius 2 is 1.69 bits per heavy atom. The number of esters is 1. The van der Waals surface area contributed by atoms with E-state index in [1.54, 1.807) is 9.80 Å². The first-order chi connectivity index (χ1) is 14.1. The van der Waals surface area contributed by atoms with Crippen LogP contribution in [-0.2, 0) is 38.5 Å². The minimum Gasteiger partial charge on any atom is -0.455 e. The standard InChI is InChI=1S/C23H24N2O4/c26-21-6-3-12-25(21)20-9-7-17(8-10-20)14-23(28)29-16-22(27)24-13-11-18-4-1-2-5-19(18)15-24/h1-2,4-5,7-10H,3,6,11-16H2. The Morgan fingerprint density at radius 3 is 2.41 bits per heavy atom. The molecule has 0 N–H and O–H groups in total. The molecular weight excluding hydrogens is 368 g/mol. The Hall–Kier alpha value is -3.15. The minimum atomic E-state index is -0.430. The summed E-state index contributed by atoms with van der Waals surface area (Å²) in [6.07, 6.45) is 2.39. The van der Waals surface area contributed by atoms with Crippen molar-refractivity contribution >= 4 is 23.5 Å². The van der Waals surface area contributed by atoms with Crippen molar-refractivity contribution in [3.8, 4) is 0 Å². The van der Waals surface area contributed by atoms with Crippen molar-refractivity contribution in [2.45, 2.75) is 32.2 Å². The number of hydrogen-bond donors (Lipinski definition) is 0. The number of amides is 2. The summed E-state index contributed by atoms with van der Waals surface area (Å²) in [6.45, 7) is 1.71. The molecule has 1 fully saturated rings. The zero-order valence-electron chi connectivity index (χ0n) is 16.3. The summed E-state index contributed by atoms with van der Waals surface area (Å²) in [5.41, 5.74) is 4.07. The van der Waals surface area contributed by atoms with Crippen molar-refractivity contribution in [1.29, 1.82) is 0 Å². The first kappa shape index (κ1) is 19.2. The van der Waals surface area contributed by atoms with Crippen LogP contribution in [0.5, 0.6) is 0 Å². The number of fused-ring (bicyclic) bond motifs is 1. The fourth-order valence-corrected chi connectivity index (χ4v) is 3.87. The third kappa shape index (κ3) is 4.47. The highest BCUT2D eigenvalue weighted by molar-refractivity contribution is 5.95. The molecule has 2 heterocycles. The molecule has 1 saturated heterocycles.